The highest BCUT2D eigenvalue weighted by Gasteiger charge is 2.62. The van der Waals surface area contributed by atoms with Gasteiger partial charge in [-0.15, -0.1) is 0 Å². The van der Waals surface area contributed by atoms with Crippen molar-refractivity contribution in [2.75, 3.05) is 0 Å². The van der Waals surface area contributed by atoms with Crippen LogP contribution >= 0.6 is 0 Å². The summed E-state index contributed by atoms with van der Waals surface area (Å²) in [5.41, 5.74) is 19.1. The van der Waals surface area contributed by atoms with Crippen LogP contribution in [0.4, 0.5) is 0 Å². The van der Waals surface area contributed by atoms with Crippen molar-refractivity contribution in [1.82, 2.24) is 0 Å². The number of benzene rings is 4. The van der Waals surface area contributed by atoms with Gasteiger partial charge in [0, 0.05) is 22.3 Å². The molecule has 4 aromatic rings. The maximum Gasteiger partial charge on any atom is 0.730 e. The Balaban J connectivity index is 1.40. The zero-order valence-electron chi connectivity index (χ0n) is 50.0. The van der Waals surface area contributed by atoms with Crippen LogP contribution in [0.5, 0.6) is 23.0 Å². The van der Waals surface area contributed by atoms with E-state index in [1.54, 1.807) is 0 Å². The van der Waals surface area contributed by atoms with Crippen LogP contribution in [0.2, 0.25) is 0 Å². The van der Waals surface area contributed by atoms with E-state index in [4.69, 9.17) is 17.7 Å². The third kappa shape index (κ3) is 6.64. The number of hydrogen-bond acceptors (Lipinski definition) is 4. The highest BCUT2D eigenvalue weighted by Crippen LogP contribution is 2.71. The van der Waals surface area contributed by atoms with Crippen LogP contribution < -0.4 is 17.7 Å². The van der Waals surface area contributed by atoms with Gasteiger partial charge < -0.3 is 17.7 Å². The Labute approximate surface area is 438 Å². The highest BCUT2D eigenvalue weighted by molar-refractivity contribution is 6.58. The average molecular weight is 990 g/mol. The van der Waals surface area contributed by atoms with Crippen LogP contribution in [0, 0.1) is 0 Å². The molecule has 2 unspecified atom stereocenters. The maximum atomic E-state index is 8.37. The molecular formula is C67H92O4Si-. The summed E-state index contributed by atoms with van der Waals surface area (Å²) in [5.74, 6) is 3.58. The molecule has 2 aliphatic heterocycles. The fourth-order valence-corrected chi connectivity index (χ4v) is 19.8. The minimum atomic E-state index is -4.54. The molecule has 5 heteroatoms. The lowest BCUT2D eigenvalue weighted by molar-refractivity contribution is 0.161. The van der Waals surface area contributed by atoms with Gasteiger partial charge in [0.2, 0.25) is 0 Å². The van der Waals surface area contributed by atoms with E-state index in [1.165, 1.54) is 89.0 Å². The standard InChI is InChI=1S/C67H92O4Si/c1-56(2,3)40-27-36-48(64(21,22)31-60(36,13)14)44-45-49-37(61(15,16)32-65(49,23)24)28-41(57(4,5)6)53(45)69-72(68-52(40)44)70-54-42(58(7,8)9)29-38-50-46(54)47-51-39(30-43(55(47)71-72)59(10,11)12)63(19,20)34-67(51,26)35-66(50,25)33-62(38,17)18/h27-30H,31-35H2,1-26H3/q-1. The summed E-state index contributed by atoms with van der Waals surface area (Å²) in [4.78, 5) is 0. The van der Waals surface area contributed by atoms with Gasteiger partial charge in [-0.1, -0.05) is 204 Å². The molecule has 389 valence electrons. The van der Waals surface area contributed by atoms with E-state index in [2.05, 4.69) is 204 Å². The molecule has 0 aromatic heterocycles. The molecule has 0 amide bonds. The fourth-order valence-electron chi connectivity index (χ4n) is 17.7. The normalized spacial score (nSPS) is 26.4. The first-order valence-corrected chi connectivity index (χ1v) is 29.6. The van der Waals surface area contributed by atoms with Crippen molar-refractivity contribution in [1.29, 1.82) is 0 Å². The summed E-state index contributed by atoms with van der Waals surface area (Å²) in [6.07, 6.45) is 5.28. The molecular weight excluding hydrogens is 897 g/mol. The van der Waals surface area contributed by atoms with Crippen LogP contribution in [-0.2, 0) is 65.0 Å². The zero-order chi connectivity index (χ0) is 53.2. The molecule has 0 N–H and O–H groups in total. The summed E-state index contributed by atoms with van der Waals surface area (Å²) in [6.45, 7) is 63.4. The number of fused-ring (bicyclic) bond motifs is 7. The molecule has 4 nitrogen and oxygen atoms in total. The Hall–Kier alpha value is -3.70. The van der Waals surface area contributed by atoms with E-state index in [-0.39, 0.29) is 65.0 Å². The molecule has 0 bridgehead atoms. The minimum Gasteiger partial charge on any atom is -0.602 e. The van der Waals surface area contributed by atoms with Crippen LogP contribution in [0.25, 0.3) is 22.3 Å². The predicted molar refractivity (Wildman–Crippen MR) is 303 cm³/mol. The molecule has 5 aliphatic carbocycles. The van der Waals surface area contributed by atoms with Crippen molar-refractivity contribution in [2.24, 2.45) is 0 Å². The molecule has 4 aromatic carbocycles. The summed E-state index contributed by atoms with van der Waals surface area (Å²) in [7, 11) is -4.54. The van der Waals surface area contributed by atoms with Crippen molar-refractivity contribution in [3.05, 3.63) is 91.0 Å². The minimum absolute atomic E-state index is 0.0493. The molecule has 7 aliphatic rings. The van der Waals surface area contributed by atoms with Gasteiger partial charge in [-0.2, -0.15) is 0 Å². The smallest absolute Gasteiger partial charge is 0.602 e. The first kappa shape index (κ1) is 50.5. The van der Waals surface area contributed by atoms with Crippen molar-refractivity contribution in [3.63, 3.8) is 0 Å². The maximum absolute atomic E-state index is 8.37. The van der Waals surface area contributed by atoms with E-state index in [0.717, 1.165) is 55.1 Å². The Kier molecular flexibility index (Phi) is 9.55. The van der Waals surface area contributed by atoms with Crippen LogP contribution in [-0.4, -0.2) is 9.05 Å². The van der Waals surface area contributed by atoms with Gasteiger partial charge in [0.15, 0.2) is 0 Å². The van der Waals surface area contributed by atoms with Gasteiger partial charge in [0.05, 0.1) is 23.0 Å². The van der Waals surface area contributed by atoms with Gasteiger partial charge in [-0.3, -0.25) is 0 Å². The molecule has 2 heterocycles. The van der Waals surface area contributed by atoms with Crippen molar-refractivity contribution in [2.45, 2.75) is 277 Å². The lowest BCUT2D eigenvalue weighted by Crippen LogP contribution is -2.60. The molecule has 11 rings (SSSR count). The van der Waals surface area contributed by atoms with Gasteiger partial charge in [-0.05, 0) is 164 Å². The van der Waals surface area contributed by atoms with E-state index in [1.807, 2.05) is 0 Å². The van der Waals surface area contributed by atoms with Crippen molar-refractivity contribution >= 4 is 9.05 Å². The number of rotatable bonds is 0. The lowest BCUT2D eigenvalue weighted by Gasteiger charge is -2.44. The third-order valence-corrected chi connectivity index (χ3v) is 21.3. The third-order valence-electron chi connectivity index (χ3n) is 19.4. The Bertz CT molecular complexity index is 2910. The fraction of sp³-hybridized carbons (Fsp3) is 0.642. The molecule has 1 spiro atoms. The SMILES string of the molecule is CC(C)(C)c1cc2c(c3c1O[Si-]1(Oc4c(C(C)(C)C)cc5c(c4-3)C(C)(C)CC5(C)C)Oc3c(C(C)(C)C)cc4c5c3-c3c(c(C(C)(C)C)cc6c3C(C)(CC6(C)C)CC5(C)CC4(C)C)O1)C(C)(C)CC2(C)C. The molecule has 0 fully saturated rings. The van der Waals surface area contributed by atoms with Gasteiger partial charge >= 0.3 is 9.05 Å². The molecule has 0 saturated heterocycles. The molecule has 0 saturated carbocycles. The summed E-state index contributed by atoms with van der Waals surface area (Å²) in [5, 5.41) is 0. The predicted octanol–water partition coefficient (Wildman–Crippen LogP) is 18.1. The monoisotopic (exact) mass is 989 g/mol. The lowest BCUT2D eigenvalue weighted by atomic mass is 9.67. The summed E-state index contributed by atoms with van der Waals surface area (Å²) in [6, 6.07) is 10.2. The molecule has 72 heavy (non-hydrogen) atoms. The van der Waals surface area contributed by atoms with Gasteiger partial charge in [0.25, 0.3) is 0 Å². The van der Waals surface area contributed by atoms with Crippen LogP contribution in [0.1, 0.15) is 279 Å². The summed E-state index contributed by atoms with van der Waals surface area (Å²) >= 11 is 0. The Morgan fingerprint density at radius 2 is 0.528 bits per heavy atom. The molecule has 0 radical (unpaired) electrons. The van der Waals surface area contributed by atoms with Crippen LogP contribution in [0.3, 0.4) is 0 Å². The highest BCUT2D eigenvalue weighted by atomic mass is 28.4. The van der Waals surface area contributed by atoms with E-state index in [0.29, 0.717) is 0 Å². The first-order valence-electron chi connectivity index (χ1n) is 28.0. The van der Waals surface area contributed by atoms with Gasteiger partial charge in [-0.25, -0.2) is 0 Å². The van der Waals surface area contributed by atoms with E-state index < -0.39 is 9.05 Å². The average Bonchev–Trinajstić information content (AvgIpc) is 3.51. The zero-order valence-corrected chi connectivity index (χ0v) is 51.0. The summed E-state index contributed by atoms with van der Waals surface area (Å²) < 4.78 is 33.5. The van der Waals surface area contributed by atoms with Crippen LogP contribution in [0.15, 0.2) is 24.3 Å². The quantitative estimate of drug-likeness (QED) is 0.165. The second-order valence-electron chi connectivity index (χ2n) is 33.4. The van der Waals surface area contributed by atoms with Crippen molar-refractivity contribution in [3.8, 4) is 45.3 Å². The first-order chi connectivity index (χ1) is 32.3. The van der Waals surface area contributed by atoms with Crippen molar-refractivity contribution < 1.29 is 17.7 Å². The Morgan fingerprint density at radius 1 is 0.306 bits per heavy atom. The largest absolute Gasteiger partial charge is 0.730 e. The second kappa shape index (κ2) is 13.6. The second-order valence-corrected chi connectivity index (χ2v) is 35.2. The topological polar surface area (TPSA) is 36.9 Å². The van der Waals surface area contributed by atoms with Gasteiger partial charge in [0.1, 0.15) is 0 Å². The Morgan fingerprint density at radius 3 is 0.778 bits per heavy atom. The van der Waals surface area contributed by atoms with E-state index in [9.17, 15) is 0 Å². The number of hydrogen-bond donors (Lipinski definition) is 0. The van der Waals surface area contributed by atoms with E-state index >= 15 is 0 Å². The molecule has 2 atom stereocenters.